The van der Waals surface area contributed by atoms with Gasteiger partial charge in [0, 0.05) is 18.7 Å². The molecule has 1 aliphatic heterocycles. The summed E-state index contributed by atoms with van der Waals surface area (Å²) < 4.78 is 10.4. The van der Waals surface area contributed by atoms with Crippen molar-refractivity contribution in [2.45, 2.75) is 20.3 Å². The molecule has 3 amide bonds. The molecule has 0 unspecified atom stereocenters. The number of hydrogen-bond donors (Lipinski definition) is 2. The predicted octanol–water partition coefficient (Wildman–Crippen LogP) is 3.84. The van der Waals surface area contributed by atoms with Gasteiger partial charge in [-0.25, -0.2) is 4.79 Å². The van der Waals surface area contributed by atoms with Crippen LogP contribution in [0.3, 0.4) is 0 Å². The van der Waals surface area contributed by atoms with Crippen molar-refractivity contribution in [2.24, 2.45) is 0 Å². The molecule has 1 aliphatic rings. The van der Waals surface area contributed by atoms with Gasteiger partial charge in [-0.05, 0) is 61.0 Å². The lowest BCUT2D eigenvalue weighted by Crippen LogP contribution is -2.31. The molecule has 0 bridgehead atoms. The zero-order valence-electron chi connectivity index (χ0n) is 18.9. The highest BCUT2D eigenvalue weighted by atomic mass is 32.2. The van der Waals surface area contributed by atoms with Gasteiger partial charge in [0.1, 0.15) is 0 Å². The van der Waals surface area contributed by atoms with E-state index in [0.717, 1.165) is 27.8 Å². The number of ether oxygens (including phenoxy) is 2. The van der Waals surface area contributed by atoms with Crippen LogP contribution in [0.25, 0.3) is 6.08 Å². The van der Waals surface area contributed by atoms with Crippen molar-refractivity contribution in [3.63, 3.8) is 0 Å². The standard InChI is InChI=1S/C24H24N2O7S/c1-14-4-6-17(15(2)10-14)25-21(27)8-9-26-23(30)20(34-24(26)31)12-16-5-7-18(19(11-16)32-3)33-13-22(28)29/h4-7,10-12H,8-9,13H2,1-3H3,(H,25,27)(H,28,29). The van der Waals surface area contributed by atoms with E-state index in [9.17, 15) is 19.2 Å². The van der Waals surface area contributed by atoms with Crippen LogP contribution in [0.15, 0.2) is 41.3 Å². The number of nitrogens with zero attached hydrogens (tertiary/aromatic N) is 1. The number of methoxy groups -OCH3 is 1. The summed E-state index contributed by atoms with van der Waals surface area (Å²) in [6.45, 7) is 3.29. The van der Waals surface area contributed by atoms with Gasteiger partial charge in [0.25, 0.3) is 11.1 Å². The number of aryl methyl sites for hydroxylation is 2. The Kier molecular flexibility index (Phi) is 7.95. The summed E-state index contributed by atoms with van der Waals surface area (Å²) in [6, 6.07) is 10.4. The Labute approximate surface area is 200 Å². The van der Waals surface area contributed by atoms with Crippen molar-refractivity contribution in [1.82, 2.24) is 4.90 Å². The van der Waals surface area contributed by atoms with E-state index in [-0.39, 0.29) is 35.3 Å². The lowest BCUT2D eigenvalue weighted by Gasteiger charge is -2.13. The molecule has 2 aromatic rings. The number of benzene rings is 2. The minimum atomic E-state index is -1.12. The van der Waals surface area contributed by atoms with Crippen LogP contribution in [-0.4, -0.2) is 53.3 Å². The number of nitrogens with one attached hydrogen (secondary N) is 1. The van der Waals surface area contributed by atoms with E-state index >= 15 is 0 Å². The fourth-order valence-corrected chi connectivity index (χ4v) is 4.12. The van der Waals surface area contributed by atoms with E-state index in [0.29, 0.717) is 11.3 Å². The van der Waals surface area contributed by atoms with Crippen molar-refractivity contribution in [3.05, 3.63) is 58.0 Å². The number of imide groups is 1. The first-order chi connectivity index (χ1) is 16.2. The predicted molar refractivity (Wildman–Crippen MR) is 128 cm³/mol. The van der Waals surface area contributed by atoms with Crippen molar-refractivity contribution in [3.8, 4) is 11.5 Å². The molecule has 9 nitrogen and oxygen atoms in total. The fourth-order valence-electron chi connectivity index (χ4n) is 3.26. The number of amides is 3. The minimum Gasteiger partial charge on any atom is -0.493 e. The molecule has 0 atom stereocenters. The zero-order valence-corrected chi connectivity index (χ0v) is 19.7. The van der Waals surface area contributed by atoms with Crippen molar-refractivity contribution in [1.29, 1.82) is 0 Å². The molecule has 0 aromatic heterocycles. The van der Waals surface area contributed by atoms with Crippen molar-refractivity contribution >= 4 is 46.5 Å². The highest BCUT2D eigenvalue weighted by Gasteiger charge is 2.35. The van der Waals surface area contributed by atoms with Gasteiger partial charge in [0.15, 0.2) is 18.1 Å². The monoisotopic (exact) mass is 484 g/mol. The number of carboxylic acids is 1. The second-order valence-electron chi connectivity index (χ2n) is 7.54. The third-order valence-electron chi connectivity index (χ3n) is 4.93. The first kappa shape index (κ1) is 24.8. The summed E-state index contributed by atoms with van der Waals surface area (Å²) in [4.78, 5) is 49.4. The number of thioether (sulfide) groups is 1. The van der Waals surface area contributed by atoms with Crippen LogP contribution in [0.4, 0.5) is 10.5 Å². The molecular formula is C24H24N2O7S. The van der Waals surface area contributed by atoms with Gasteiger partial charge in [-0.15, -0.1) is 0 Å². The van der Waals surface area contributed by atoms with Crippen molar-refractivity contribution < 1.29 is 33.8 Å². The summed E-state index contributed by atoms with van der Waals surface area (Å²) in [6.07, 6.45) is 1.51. The first-order valence-electron chi connectivity index (χ1n) is 10.3. The van der Waals surface area contributed by atoms with Gasteiger partial charge >= 0.3 is 5.97 Å². The Morgan fingerprint density at radius 1 is 1.12 bits per heavy atom. The van der Waals surface area contributed by atoms with E-state index in [1.54, 1.807) is 12.1 Å². The quantitative estimate of drug-likeness (QED) is 0.515. The smallest absolute Gasteiger partial charge is 0.341 e. The molecule has 34 heavy (non-hydrogen) atoms. The second-order valence-corrected chi connectivity index (χ2v) is 8.54. The molecule has 1 heterocycles. The average molecular weight is 485 g/mol. The van der Waals surface area contributed by atoms with Gasteiger partial charge in [-0.2, -0.15) is 0 Å². The van der Waals surface area contributed by atoms with Crippen LogP contribution in [-0.2, 0) is 14.4 Å². The number of carbonyl (C=O) groups is 4. The maximum absolute atomic E-state index is 12.7. The van der Waals surface area contributed by atoms with Crippen LogP contribution in [0.1, 0.15) is 23.1 Å². The Hall–Kier alpha value is -3.79. The first-order valence-corrected chi connectivity index (χ1v) is 11.1. The van der Waals surface area contributed by atoms with Crippen LogP contribution in [0.2, 0.25) is 0 Å². The molecule has 1 fully saturated rings. The van der Waals surface area contributed by atoms with Gasteiger partial charge in [-0.1, -0.05) is 23.8 Å². The number of carbonyl (C=O) groups excluding carboxylic acids is 3. The molecule has 2 aromatic carbocycles. The summed E-state index contributed by atoms with van der Waals surface area (Å²) in [5, 5.41) is 11.1. The lowest BCUT2D eigenvalue weighted by atomic mass is 10.1. The number of carboxylic acid groups (broad SMARTS) is 1. The second kappa shape index (κ2) is 10.9. The number of aliphatic carboxylic acids is 1. The van der Waals surface area contributed by atoms with Gasteiger partial charge in [0.2, 0.25) is 5.91 Å². The Morgan fingerprint density at radius 3 is 2.56 bits per heavy atom. The summed E-state index contributed by atoms with van der Waals surface area (Å²) >= 11 is 0.785. The average Bonchev–Trinajstić information content (AvgIpc) is 3.05. The van der Waals surface area contributed by atoms with E-state index in [1.165, 1.54) is 19.3 Å². The fraction of sp³-hybridized carbons (Fsp3) is 0.250. The summed E-state index contributed by atoms with van der Waals surface area (Å²) in [5.41, 5.74) is 3.27. The topological polar surface area (TPSA) is 122 Å². The lowest BCUT2D eigenvalue weighted by molar-refractivity contribution is -0.139. The molecule has 0 saturated carbocycles. The maximum atomic E-state index is 12.7. The van der Waals surface area contributed by atoms with Crippen LogP contribution in [0.5, 0.6) is 11.5 Å². The normalized spacial score (nSPS) is 14.4. The number of anilines is 1. The summed E-state index contributed by atoms with van der Waals surface area (Å²) in [5.74, 6) is -1.37. The van der Waals surface area contributed by atoms with Crippen molar-refractivity contribution in [2.75, 3.05) is 25.6 Å². The molecular weight excluding hydrogens is 460 g/mol. The molecule has 2 N–H and O–H groups in total. The molecule has 3 rings (SSSR count). The Bertz CT molecular complexity index is 1180. The Balaban J connectivity index is 1.64. The van der Waals surface area contributed by atoms with E-state index in [4.69, 9.17) is 14.6 Å². The third-order valence-corrected chi connectivity index (χ3v) is 5.84. The largest absolute Gasteiger partial charge is 0.493 e. The van der Waals surface area contributed by atoms with Gasteiger partial charge < -0.3 is 19.9 Å². The minimum absolute atomic E-state index is 0.0257. The molecule has 0 spiro atoms. The molecule has 0 aliphatic carbocycles. The highest BCUT2D eigenvalue weighted by Crippen LogP contribution is 2.34. The van der Waals surface area contributed by atoms with Crippen LogP contribution < -0.4 is 14.8 Å². The van der Waals surface area contributed by atoms with E-state index < -0.39 is 23.7 Å². The molecule has 1 saturated heterocycles. The van der Waals surface area contributed by atoms with Gasteiger partial charge in [-0.3, -0.25) is 19.3 Å². The van der Waals surface area contributed by atoms with Gasteiger partial charge in [0.05, 0.1) is 12.0 Å². The zero-order chi connectivity index (χ0) is 24.8. The molecule has 178 valence electrons. The van der Waals surface area contributed by atoms with E-state index in [1.807, 2.05) is 32.0 Å². The highest BCUT2D eigenvalue weighted by molar-refractivity contribution is 8.18. The maximum Gasteiger partial charge on any atom is 0.341 e. The third kappa shape index (κ3) is 6.16. The molecule has 0 radical (unpaired) electrons. The van der Waals surface area contributed by atoms with Crippen LogP contribution >= 0.6 is 11.8 Å². The number of hydrogen-bond acceptors (Lipinski definition) is 7. The van der Waals surface area contributed by atoms with Crippen LogP contribution in [0, 0.1) is 13.8 Å². The Morgan fingerprint density at radius 2 is 1.88 bits per heavy atom. The summed E-state index contributed by atoms with van der Waals surface area (Å²) in [7, 11) is 1.41. The SMILES string of the molecule is COc1cc(C=C2SC(=O)N(CCC(=O)Nc3ccc(C)cc3C)C2=O)ccc1OCC(=O)O. The molecule has 10 heteroatoms. The van der Waals surface area contributed by atoms with E-state index in [2.05, 4.69) is 5.32 Å². The number of rotatable bonds is 9.